The zero-order valence-corrected chi connectivity index (χ0v) is 22.0. The second kappa shape index (κ2) is 9.04. The first kappa shape index (κ1) is 24.0. The average Bonchev–Trinajstić information content (AvgIpc) is 3.20. The first-order valence-corrected chi connectivity index (χ1v) is 13.2. The van der Waals surface area contributed by atoms with Crippen LogP contribution in [0.15, 0.2) is 47.6 Å². The number of halogens is 3. The predicted molar refractivity (Wildman–Crippen MR) is 141 cm³/mol. The van der Waals surface area contributed by atoms with Crippen LogP contribution in [0.3, 0.4) is 0 Å². The minimum atomic E-state index is -0.156. The maximum absolute atomic E-state index is 13.4. The summed E-state index contributed by atoms with van der Waals surface area (Å²) in [5.74, 6) is 1.82. The average molecular weight is 519 g/mol. The summed E-state index contributed by atoms with van der Waals surface area (Å²) in [5.41, 5.74) is 2.49. The fourth-order valence-corrected chi connectivity index (χ4v) is 6.84. The molecule has 180 valence electrons. The van der Waals surface area contributed by atoms with Gasteiger partial charge in [-0.1, -0.05) is 67.7 Å². The van der Waals surface area contributed by atoms with Crippen LogP contribution in [-0.2, 0) is 4.79 Å². The molecule has 0 aromatic heterocycles. The molecule has 5 rings (SSSR count). The van der Waals surface area contributed by atoms with Gasteiger partial charge in [0.2, 0.25) is 0 Å². The van der Waals surface area contributed by atoms with E-state index in [9.17, 15) is 4.79 Å². The maximum Gasteiger partial charge on any atom is 0.267 e. The van der Waals surface area contributed by atoms with Crippen LogP contribution in [0.5, 0.6) is 0 Å². The Labute approximate surface area is 216 Å². The van der Waals surface area contributed by atoms with Crippen molar-refractivity contribution in [3.05, 3.63) is 63.1 Å². The first-order valence-electron chi connectivity index (χ1n) is 12.0. The minimum Gasteiger partial charge on any atom is -0.348 e. The number of anilines is 1. The summed E-state index contributed by atoms with van der Waals surface area (Å²) in [6.45, 7) is 7.07. The molecule has 2 aromatic rings. The highest BCUT2D eigenvalue weighted by atomic mass is 35.5. The van der Waals surface area contributed by atoms with Crippen molar-refractivity contribution in [3.63, 3.8) is 0 Å². The van der Waals surface area contributed by atoms with Crippen LogP contribution in [-0.4, -0.2) is 17.7 Å². The molecule has 1 amide bonds. The quantitative estimate of drug-likeness (QED) is 0.454. The summed E-state index contributed by atoms with van der Waals surface area (Å²) in [6, 6.07) is 13.1. The van der Waals surface area contributed by atoms with E-state index in [0.717, 1.165) is 17.7 Å². The highest BCUT2D eigenvalue weighted by molar-refractivity contribution is 6.40. The highest BCUT2D eigenvalue weighted by Gasteiger charge is 2.54. The van der Waals surface area contributed by atoms with Crippen molar-refractivity contribution in [1.29, 1.82) is 0 Å². The van der Waals surface area contributed by atoms with Crippen molar-refractivity contribution in [2.75, 3.05) is 5.01 Å². The third-order valence-corrected chi connectivity index (χ3v) is 9.29. The number of rotatable bonds is 4. The molecule has 3 aliphatic rings. The normalized spacial score (nSPS) is 29.8. The lowest BCUT2D eigenvalue weighted by Crippen LogP contribution is -2.61. The number of fused-ring (bicyclic) bond motifs is 1. The third-order valence-electron chi connectivity index (χ3n) is 8.50. The van der Waals surface area contributed by atoms with Gasteiger partial charge in [0.1, 0.15) is 5.71 Å². The minimum absolute atomic E-state index is 0.0796. The first-order chi connectivity index (χ1) is 16.1. The predicted octanol–water partition coefficient (Wildman–Crippen LogP) is 7.53. The largest absolute Gasteiger partial charge is 0.348 e. The number of hydrogen-bond acceptors (Lipinski definition) is 3. The van der Waals surface area contributed by atoms with E-state index in [1.165, 1.54) is 12.8 Å². The van der Waals surface area contributed by atoms with E-state index in [1.54, 1.807) is 12.1 Å². The Morgan fingerprint density at radius 3 is 2.47 bits per heavy atom. The number of nitrogens with one attached hydrogen (secondary N) is 1. The molecule has 1 N–H and O–H groups in total. The van der Waals surface area contributed by atoms with E-state index < -0.39 is 0 Å². The van der Waals surface area contributed by atoms with E-state index >= 15 is 0 Å². The molecule has 1 aliphatic heterocycles. The van der Waals surface area contributed by atoms with Crippen molar-refractivity contribution >= 4 is 52.1 Å². The molecule has 4 nitrogen and oxygen atoms in total. The van der Waals surface area contributed by atoms with Crippen LogP contribution in [0.25, 0.3) is 0 Å². The zero-order valence-electron chi connectivity index (χ0n) is 19.7. The fourth-order valence-electron chi connectivity index (χ4n) is 6.22. The van der Waals surface area contributed by atoms with Crippen molar-refractivity contribution in [2.24, 2.45) is 28.3 Å². The zero-order chi connectivity index (χ0) is 24.2. The second-order valence-electron chi connectivity index (χ2n) is 10.7. The molecule has 0 saturated heterocycles. The fraction of sp³-hybridized carbons (Fsp3) is 0.481. The molecule has 1 heterocycles. The van der Waals surface area contributed by atoms with Crippen LogP contribution in [0, 0.1) is 23.2 Å². The van der Waals surface area contributed by atoms with Crippen LogP contribution >= 0.6 is 34.8 Å². The summed E-state index contributed by atoms with van der Waals surface area (Å²) in [4.78, 5) is 13.4. The Bertz CT molecular complexity index is 1130. The van der Waals surface area contributed by atoms with E-state index in [2.05, 4.69) is 26.1 Å². The Morgan fingerprint density at radius 2 is 1.76 bits per heavy atom. The van der Waals surface area contributed by atoms with Crippen molar-refractivity contribution in [3.8, 4) is 0 Å². The molecule has 5 atom stereocenters. The molecule has 34 heavy (non-hydrogen) atoms. The third kappa shape index (κ3) is 4.23. The second-order valence-corrected chi connectivity index (χ2v) is 11.9. The number of hydrazone groups is 1. The summed E-state index contributed by atoms with van der Waals surface area (Å²) >= 11 is 18.8. The Balaban J connectivity index is 1.40. The van der Waals surface area contributed by atoms with Gasteiger partial charge in [-0.2, -0.15) is 5.10 Å². The molecule has 2 aromatic carbocycles. The molecule has 2 fully saturated rings. The van der Waals surface area contributed by atoms with E-state index in [-0.39, 0.29) is 23.4 Å². The molecule has 0 radical (unpaired) electrons. The maximum atomic E-state index is 13.4. The lowest BCUT2D eigenvalue weighted by molar-refractivity contribution is -0.122. The molecule has 2 saturated carbocycles. The smallest absolute Gasteiger partial charge is 0.267 e. The monoisotopic (exact) mass is 517 g/mol. The lowest BCUT2D eigenvalue weighted by Gasteiger charge is -2.58. The number of hydrogen-bond donors (Lipinski definition) is 1. The van der Waals surface area contributed by atoms with E-state index in [0.29, 0.717) is 45.0 Å². The van der Waals surface area contributed by atoms with E-state index in [1.807, 2.05) is 35.3 Å². The van der Waals surface area contributed by atoms with Gasteiger partial charge in [-0.15, -0.1) is 0 Å². The van der Waals surface area contributed by atoms with Crippen molar-refractivity contribution in [2.45, 2.75) is 58.5 Å². The lowest BCUT2D eigenvalue weighted by atomic mass is 9.49. The van der Waals surface area contributed by atoms with Crippen LogP contribution in [0.2, 0.25) is 15.1 Å². The van der Waals surface area contributed by atoms with Crippen molar-refractivity contribution in [1.82, 2.24) is 5.32 Å². The Hall–Kier alpha value is -1.75. The topological polar surface area (TPSA) is 44.7 Å². The van der Waals surface area contributed by atoms with Gasteiger partial charge in [0, 0.05) is 22.5 Å². The summed E-state index contributed by atoms with van der Waals surface area (Å²) in [6.07, 6.45) is 4.10. The van der Waals surface area contributed by atoms with Crippen molar-refractivity contribution < 1.29 is 4.79 Å². The molecular weight excluding hydrogens is 489 g/mol. The molecule has 0 bridgehead atoms. The van der Waals surface area contributed by atoms with Gasteiger partial charge in [0.15, 0.2) is 0 Å². The SMILES string of the molecule is C[C@H]1CC[C@@H]2C[C@H](NC(=O)C3=NN(c4ccc(Cl)cc4Cl)C(c4ccc(Cl)cc4)C3)C2C1(C)C. The Morgan fingerprint density at radius 1 is 1.06 bits per heavy atom. The van der Waals surface area contributed by atoms with E-state index in [4.69, 9.17) is 39.9 Å². The number of nitrogens with zero attached hydrogens (tertiary/aromatic N) is 2. The van der Waals surface area contributed by atoms with Gasteiger partial charge in [-0.3, -0.25) is 9.80 Å². The molecule has 0 spiro atoms. The van der Waals surface area contributed by atoms with Gasteiger partial charge < -0.3 is 5.32 Å². The molecule has 7 heteroatoms. The van der Waals surface area contributed by atoms with Crippen LogP contribution < -0.4 is 10.3 Å². The molecule has 2 unspecified atom stereocenters. The summed E-state index contributed by atoms with van der Waals surface area (Å²) in [7, 11) is 0. The standard InChI is InChI=1S/C27H30Cl3N3O/c1-15-4-5-17-12-21(25(17)27(15,2)3)31-26(34)22-14-24(16-6-8-18(28)9-7-16)33(32-22)23-11-10-19(29)13-20(23)30/h6-11,13,15,17,21,24-25H,4-5,12,14H2,1-3H3,(H,31,34)/t15-,17+,21-,24?,25?/m0/s1. The van der Waals surface area contributed by atoms with Crippen LogP contribution in [0.1, 0.15) is 58.1 Å². The number of benzene rings is 2. The van der Waals surface area contributed by atoms with Gasteiger partial charge in [0.25, 0.3) is 5.91 Å². The molecule has 2 aliphatic carbocycles. The van der Waals surface area contributed by atoms with Gasteiger partial charge in [-0.25, -0.2) is 0 Å². The highest BCUT2D eigenvalue weighted by Crippen LogP contribution is 2.56. The van der Waals surface area contributed by atoms with Gasteiger partial charge in [0.05, 0.1) is 16.8 Å². The van der Waals surface area contributed by atoms with Gasteiger partial charge >= 0.3 is 0 Å². The number of carbonyl (C=O) groups excluding carboxylic acids is 1. The summed E-state index contributed by atoms with van der Waals surface area (Å²) in [5, 5.41) is 11.7. The molecular formula is C27H30Cl3N3O. The van der Waals surface area contributed by atoms with Gasteiger partial charge in [-0.05, 0) is 78.3 Å². The van der Waals surface area contributed by atoms with Crippen LogP contribution in [0.4, 0.5) is 5.69 Å². The summed E-state index contributed by atoms with van der Waals surface area (Å²) < 4.78 is 0. The Kier molecular flexibility index (Phi) is 6.37. The number of carbonyl (C=O) groups is 1. The number of amides is 1.